The van der Waals surface area contributed by atoms with E-state index in [-0.39, 0.29) is 0 Å². The summed E-state index contributed by atoms with van der Waals surface area (Å²) in [7, 11) is 0. The van der Waals surface area contributed by atoms with Crippen molar-refractivity contribution >= 4 is 11.9 Å². The van der Waals surface area contributed by atoms with Crippen molar-refractivity contribution in [3.8, 4) is 0 Å². The van der Waals surface area contributed by atoms with Crippen molar-refractivity contribution < 1.29 is 4.74 Å². The summed E-state index contributed by atoms with van der Waals surface area (Å²) in [5, 5.41) is 12.2. The van der Waals surface area contributed by atoms with Crippen molar-refractivity contribution in [1.29, 1.82) is 0 Å². The average molecular weight is 286 g/mol. The number of hydrogen-bond donors (Lipinski definition) is 0. The van der Waals surface area contributed by atoms with Gasteiger partial charge in [-0.2, -0.15) is 4.74 Å². The number of benzene rings is 1. The highest BCUT2D eigenvalue weighted by molar-refractivity contribution is 6.37. The molecule has 0 N–H and O–H groups in total. The summed E-state index contributed by atoms with van der Waals surface area (Å²) in [5.74, 6) is 0. The molecule has 1 atom stereocenters. The van der Waals surface area contributed by atoms with Crippen LogP contribution in [-0.2, 0) is 0 Å². The van der Waals surface area contributed by atoms with Crippen LogP contribution in [0.15, 0.2) is 35.3 Å². The van der Waals surface area contributed by atoms with Crippen molar-refractivity contribution in [2.24, 2.45) is 4.99 Å². The van der Waals surface area contributed by atoms with Crippen LogP contribution in [0.2, 0.25) is 0 Å². The van der Waals surface area contributed by atoms with Crippen LogP contribution >= 0.6 is 0 Å². The van der Waals surface area contributed by atoms with E-state index in [1.165, 1.54) is 32.1 Å². The summed E-state index contributed by atoms with van der Waals surface area (Å²) in [6.07, 6.45) is 9.88. The van der Waals surface area contributed by atoms with Gasteiger partial charge in [0.2, 0.25) is 6.21 Å². The molecule has 0 fully saturated rings. The van der Waals surface area contributed by atoms with Crippen molar-refractivity contribution in [2.45, 2.75) is 64.5 Å². The second-order valence-corrected chi connectivity index (χ2v) is 6.05. The Bertz CT molecular complexity index is 507. The third-order valence-corrected chi connectivity index (χ3v) is 4.15. The molecule has 0 amide bonds. The Morgan fingerprint density at radius 1 is 1.05 bits per heavy atom. The van der Waals surface area contributed by atoms with E-state index in [4.69, 9.17) is 0 Å². The summed E-state index contributed by atoms with van der Waals surface area (Å²) in [6, 6.07) is 9.93. The lowest BCUT2D eigenvalue weighted by Crippen LogP contribution is -2.30. The molecule has 0 spiro atoms. The number of unbranched alkanes of at least 4 members (excludes halogenated alkanes) is 5. The van der Waals surface area contributed by atoms with Crippen molar-refractivity contribution in [2.75, 3.05) is 0 Å². The molecule has 3 nitrogen and oxygen atoms in total. The molecule has 2 rings (SSSR count). The maximum Gasteiger partial charge on any atom is 0.263 e. The molecule has 0 aromatic heterocycles. The molecule has 114 valence electrons. The smallest absolute Gasteiger partial charge is 0.263 e. The van der Waals surface area contributed by atoms with Gasteiger partial charge in [-0.25, -0.2) is 4.99 Å². The van der Waals surface area contributed by atoms with Crippen LogP contribution in [0, 0.1) is 5.21 Å². The van der Waals surface area contributed by atoms with Gasteiger partial charge in [0.1, 0.15) is 5.71 Å². The molecule has 0 unspecified atom stereocenters. The van der Waals surface area contributed by atoms with E-state index in [2.05, 4.69) is 11.9 Å². The van der Waals surface area contributed by atoms with Crippen LogP contribution in [0.3, 0.4) is 0 Å². The topological polar surface area (TPSA) is 38.4 Å². The molecule has 0 saturated carbocycles. The second-order valence-electron chi connectivity index (χ2n) is 6.05. The lowest BCUT2D eigenvalue weighted by atomic mass is 10.0. The fraction of sp³-hybridized carbons (Fsp3) is 0.556. The molecule has 0 saturated heterocycles. The molecule has 1 aliphatic heterocycles. The van der Waals surface area contributed by atoms with Gasteiger partial charge in [-0.05, 0) is 6.42 Å². The number of rotatable bonds is 8. The summed E-state index contributed by atoms with van der Waals surface area (Å²) >= 11 is 0. The molecule has 0 bridgehead atoms. The lowest BCUT2D eigenvalue weighted by Gasteiger charge is -2.20. The third-order valence-electron chi connectivity index (χ3n) is 4.15. The molecule has 0 aliphatic carbocycles. The summed E-state index contributed by atoms with van der Waals surface area (Å²) < 4.78 is 1.03. The van der Waals surface area contributed by atoms with Crippen LogP contribution in [0.1, 0.15) is 64.4 Å². The molecule has 1 aliphatic rings. The Hall–Kier alpha value is -1.64. The first kappa shape index (κ1) is 15.7. The minimum Gasteiger partial charge on any atom is -0.622 e. The molecular formula is C18H26N2O. The van der Waals surface area contributed by atoms with E-state index < -0.39 is 5.66 Å². The van der Waals surface area contributed by atoms with E-state index in [0.29, 0.717) is 0 Å². The fourth-order valence-corrected chi connectivity index (χ4v) is 2.74. The second kappa shape index (κ2) is 7.39. The normalized spacial score (nSPS) is 21.2. The maximum absolute atomic E-state index is 12.2. The SMILES string of the molecule is CCCCCCCC[C@]1(C)N=C(c2ccccc2)C=[N+]1[O-]. The number of nitrogens with zero attached hydrogens (tertiary/aromatic N) is 2. The molecular weight excluding hydrogens is 260 g/mol. The first-order valence-corrected chi connectivity index (χ1v) is 8.12. The molecule has 21 heavy (non-hydrogen) atoms. The summed E-state index contributed by atoms with van der Waals surface area (Å²) in [5.41, 5.74) is 1.21. The van der Waals surface area contributed by atoms with E-state index in [0.717, 1.165) is 28.9 Å². The van der Waals surface area contributed by atoms with Crippen LogP contribution in [-0.4, -0.2) is 22.3 Å². The largest absolute Gasteiger partial charge is 0.622 e. The average Bonchev–Trinajstić information content (AvgIpc) is 2.80. The van der Waals surface area contributed by atoms with E-state index in [9.17, 15) is 5.21 Å². The van der Waals surface area contributed by atoms with Gasteiger partial charge in [0.15, 0.2) is 0 Å². The van der Waals surface area contributed by atoms with E-state index >= 15 is 0 Å². The van der Waals surface area contributed by atoms with Gasteiger partial charge in [-0.15, -0.1) is 0 Å². The van der Waals surface area contributed by atoms with Crippen LogP contribution in [0.5, 0.6) is 0 Å². The summed E-state index contributed by atoms with van der Waals surface area (Å²) in [6.45, 7) is 4.17. The monoisotopic (exact) mass is 286 g/mol. The zero-order chi connectivity index (χ0) is 15.1. The Morgan fingerprint density at radius 2 is 1.71 bits per heavy atom. The quantitative estimate of drug-likeness (QED) is 0.393. The lowest BCUT2D eigenvalue weighted by molar-refractivity contribution is -0.535. The van der Waals surface area contributed by atoms with Crippen LogP contribution < -0.4 is 0 Å². The first-order chi connectivity index (χ1) is 10.2. The molecule has 1 heterocycles. The highest BCUT2D eigenvalue weighted by Crippen LogP contribution is 2.25. The first-order valence-electron chi connectivity index (χ1n) is 8.12. The highest BCUT2D eigenvalue weighted by Gasteiger charge is 2.37. The number of hydroxylamine groups is 1. The molecule has 3 heteroatoms. The maximum atomic E-state index is 12.2. The van der Waals surface area contributed by atoms with Gasteiger partial charge >= 0.3 is 0 Å². The fourth-order valence-electron chi connectivity index (χ4n) is 2.74. The van der Waals surface area contributed by atoms with Gasteiger partial charge in [0, 0.05) is 18.9 Å². The highest BCUT2D eigenvalue weighted by atomic mass is 16.5. The Balaban J connectivity index is 1.90. The van der Waals surface area contributed by atoms with Gasteiger partial charge in [-0.1, -0.05) is 69.4 Å². The third kappa shape index (κ3) is 4.16. The minimum atomic E-state index is -0.615. The van der Waals surface area contributed by atoms with Crippen molar-refractivity contribution in [3.63, 3.8) is 0 Å². The van der Waals surface area contributed by atoms with Crippen molar-refractivity contribution in [1.82, 2.24) is 0 Å². The minimum absolute atomic E-state index is 0.615. The predicted molar refractivity (Wildman–Crippen MR) is 89.1 cm³/mol. The zero-order valence-electron chi connectivity index (χ0n) is 13.2. The predicted octanol–water partition coefficient (Wildman–Crippen LogP) is 4.54. The van der Waals surface area contributed by atoms with Crippen LogP contribution in [0.25, 0.3) is 0 Å². The van der Waals surface area contributed by atoms with E-state index in [1.807, 2.05) is 37.3 Å². The Labute approximate surface area is 128 Å². The molecule has 1 aromatic rings. The van der Waals surface area contributed by atoms with Crippen LogP contribution in [0.4, 0.5) is 0 Å². The van der Waals surface area contributed by atoms with Gasteiger partial charge in [-0.3, -0.25) is 0 Å². The Morgan fingerprint density at radius 3 is 2.43 bits per heavy atom. The molecule has 0 radical (unpaired) electrons. The molecule has 1 aromatic carbocycles. The number of aliphatic imine (C=N–C) groups is 1. The Kier molecular flexibility index (Phi) is 5.54. The summed E-state index contributed by atoms with van der Waals surface area (Å²) in [4.78, 5) is 4.68. The van der Waals surface area contributed by atoms with Gasteiger partial charge in [0.05, 0.1) is 0 Å². The van der Waals surface area contributed by atoms with Crippen molar-refractivity contribution in [3.05, 3.63) is 41.1 Å². The number of hydrogen-bond acceptors (Lipinski definition) is 2. The standard InChI is InChI=1S/C18H26N2O/c1-3-4-5-6-7-11-14-18(2)19-17(15-20(18)21)16-12-9-8-10-13-16/h8-10,12-13,15H,3-7,11,14H2,1-2H3/t18-/m1/s1. The van der Waals surface area contributed by atoms with Gasteiger partial charge < -0.3 is 5.21 Å². The zero-order valence-corrected chi connectivity index (χ0v) is 13.2. The van der Waals surface area contributed by atoms with E-state index in [1.54, 1.807) is 6.21 Å². The van der Waals surface area contributed by atoms with Gasteiger partial charge in [0.25, 0.3) is 5.66 Å².